The molecule has 122 heavy (non-hydrogen) atoms. The Balaban J connectivity index is 0.000000153. The van der Waals surface area contributed by atoms with E-state index in [2.05, 4.69) is 0 Å². The van der Waals surface area contributed by atoms with Crippen LogP contribution in [-0.4, -0.2) is 149 Å². The van der Waals surface area contributed by atoms with Crippen LogP contribution < -0.4 is 14.7 Å². The Bertz CT molecular complexity index is 5120. The first-order valence-corrected chi connectivity index (χ1v) is 41.7. The molecule has 25 heteroatoms. The van der Waals surface area contributed by atoms with Crippen molar-refractivity contribution in [2.45, 2.75) is 143 Å². The smallest absolute Gasteiger partial charge is 0.123 e. The van der Waals surface area contributed by atoms with Crippen LogP contribution in [0.15, 0.2) is 267 Å². The van der Waals surface area contributed by atoms with Crippen molar-refractivity contribution in [1.82, 2.24) is 0 Å². The fraction of sp³-hybridized carbons (Fsp3) is 0.289. The van der Waals surface area contributed by atoms with Gasteiger partial charge < -0.3 is 95.7 Å². The van der Waals surface area contributed by atoms with Crippen molar-refractivity contribution in [3.8, 4) is 39.5 Å². The summed E-state index contributed by atoms with van der Waals surface area (Å²) >= 11 is 17.5. The second kappa shape index (κ2) is 39.1. The number of benzene rings is 11. The average molecular weight is 1710 g/mol. The van der Waals surface area contributed by atoms with Gasteiger partial charge in [-0.15, -0.1) is 0 Å². The van der Waals surface area contributed by atoms with E-state index in [9.17, 15) is 84.7 Å². The van der Waals surface area contributed by atoms with Gasteiger partial charge in [-0.1, -0.05) is 212 Å². The minimum Gasteiger partial charge on any atom is -0.508 e. The first kappa shape index (κ1) is 88.1. The summed E-state index contributed by atoms with van der Waals surface area (Å²) in [5, 5.41) is 145. The number of hydrogen-bond donors (Lipinski definition) is 14. The van der Waals surface area contributed by atoms with E-state index in [4.69, 9.17) is 46.1 Å². The van der Waals surface area contributed by atoms with Gasteiger partial charge in [0.2, 0.25) is 0 Å². The number of hydrogen-bond acceptors (Lipinski definition) is 19. The highest BCUT2D eigenvalue weighted by atomic mass is 32.1. The molecule has 0 saturated carbocycles. The summed E-state index contributed by atoms with van der Waals surface area (Å²) in [6, 6.07) is 76.9. The van der Waals surface area contributed by atoms with Crippen LogP contribution in [0.3, 0.4) is 0 Å². The van der Waals surface area contributed by atoms with E-state index in [1.165, 1.54) is 36.4 Å². The lowest BCUT2D eigenvalue weighted by molar-refractivity contribution is -0.231. The molecule has 5 heterocycles. The molecule has 0 amide bonds. The topological polar surface area (TPSA) is 311 Å². The zero-order chi connectivity index (χ0) is 86.3. The van der Waals surface area contributed by atoms with Gasteiger partial charge in [-0.2, -0.15) is 0 Å². The molecule has 634 valence electrons. The molecule has 11 aromatic rings. The van der Waals surface area contributed by atoms with Crippen LogP contribution in [0.5, 0.6) is 17.2 Å². The minimum atomic E-state index is -1.47. The summed E-state index contributed by atoms with van der Waals surface area (Å²) in [6.07, 6.45) is -11.3. The molecule has 11 aromatic carbocycles. The van der Waals surface area contributed by atoms with Crippen molar-refractivity contribution >= 4 is 68.7 Å². The Morgan fingerprint density at radius 3 is 1.01 bits per heavy atom. The minimum absolute atomic E-state index is 0.0196. The standard InChI is InChI=1S/2C36H36FNO7S.C25H24FNO2S/c2*37-24-13-10-21(11-14-24)28(40)17-16-27-31(38(36(27)46)25-4-2-1-3-5-25)26-15-12-23(18-29(26)41)20-6-8-22(9-7-20)35-34(44)33(43)32(42)30(19-39)45-35;1-16-2-4-17(5-3-16)23(29)15-14-22-24(18-6-12-21(28)13-7-18)27(25(22)30)20-10-8-19(26)9-11-20/h2*1-15,18,27-28,30-35,39-44H,16-17,19H2;2-13,22-24,28-29H,14-15H2,1H3/t2*27-,28?,30-,31-,32-,33+,34-,35+;/m11./s1. The monoisotopic (exact) mass is 1710 g/mol. The fourth-order valence-corrected chi connectivity index (χ4v) is 18.4. The Hall–Kier alpha value is -10.2. The molecule has 0 aromatic heterocycles. The number of halogens is 3. The van der Waals surface area contributed by atoms with Crippen molar-refractivity contribution in [2.75, 3.05) is 27.9 Å². The van der Waals surface area contributed by atoms with Crippen LogP contribution in [0.2, 0.25) is 0 Å². The molecule has 0 aliphatic carbocycles. The van der Waals surface area contributed by atoms with Gasteiger partial charge in [0.15, 0.2) is 0 Å². The van der Waals surface area contributed by atoms with Gasteiger partial charge in [0.25, 0.3) is 0 Å². The van der Waals surface area contributed by atoms with E-state index in [1.54, 1.807) is 109 Å². The van der Waals surface area contributed by atoms with Gasteiger partial charge >= 0.3 is 0 Å². The molecule has 14 N–H and O–H groups in total. The maximum atomic E-state index is 13.4. The lowest BCUT2D eigenvalue weighted by atomic mass is 9.78. The summed E-state index contributed by atoms with van der Waals surface area (Å²) in [5.41, 5.74) is 12.6. The first-order valence-electron chi connectivity index (χ1n) is 40.5. The number of ether oxygens (including phenoxy) is 2. The van der Waals surface area contributed by atoms with Crippen LogP contribution >= 0.6 is 36.7 Å². The molecule has 0 radical (unpaired) electrons. The van der Waals surface area contributed by atoms with Crippen LogP contribution in [0.25, 0.3) is 22.3 Å². The van der Waals surface area contributed by atoms with Gasteiger partial charge in [-0.05, 0) is 198 Å². The average Bonchev–Trinajstić information content (AvgIpc) is 0.740. The normalized spacial score (nSPS) is 25.0. The molecule has 5 saturated heterocycles. The number of anilines is 3. The number of phenols is 3. The van der Waals surface area contributed by atoms with Crippen LogP contribution in [0.4, 0.5) is 30.2 Å². The third kappa shape index (κ3) is 19.1. The molecule has 0 bridgehead atoms. The van der Waals surface area contributed by atoms with Gasteiger partial charge in [-0.25, -0.2) is 13.2 Å². The zero-order valence-corrected chi connectivity index (χ0v) is 68.8. The van der Waals surface area contributed by atoms with E-state index >= 15 is 0 Å². The number of aliphatic hydroxyl groups excluding tert-OH is 11. The largest absolute Gasteiger partial charge is 0.508 e. The predicted molar refractivity (Wildman–Crippen MR) is 470 cm³/mol. The molecule has 19 atom stereocenters. The second-order valence-electron chi connectivity index (χ2n) is 31.6. The van der Waals surface area contributed by atoms with E-state index in [0.29, 0.717) is 65.5 Å². The molecule has 5 aliphatic rings. The van der Waals surface area contributed by atoms with E-state index in [1.807, 2.05) is 143 Å². The molecular formula is C97H96F3N3O16S3. The number of aromatic hydroxyl groups is 3. The van der Waals surface area contributed by atoms with E-state index in [0.717, 1.165) is 77.4 Å². The first-order chi connectivity index (χ1) is 58.8. The fourth-order valence-electron chi connectivity index (χ4n) is 17.0. The highest BCUT2D eigenvalue weighted by Gasteiger charge is 2.50. The summed E-state index contributed by atoms with van der Waals surface area (Å²) < 4.78 is 51.5. The predicted octanol–water partition coefficient (Wildman–Crippen LogP) is 15.3. The van der Waals surface area contributed by atoms with E-state index < -0.39 is 92.6 Å². The summed E-state index contributed by atoms with van der Waals surface area (Å²) in [7, 11) is 0. The van der Waals surface area contributed by atoms with E-state index in [-0.39, 0.29) is 70.6 Å². The SMILES string of the molecule is Cc1ccc(C(O)CCC2C(=S)N(c3ccc(F)cc3)C2c2ccc(O)cc2)cc1.OC[C@H]1O[C@@H](c2ccc(-c3ccc([C@@H]4[C@@H](CCC(O)c5ccc(F)cc5)C(=S)N4c4ccccc4)c(O)c3)cc2)[C@H](O)[C@@H](O)[C@@H]1O.OC[C@H]1O[C@@H](c2ccc(-c3ccc([C@@H]4[C@@H](CCC(O)c5ccc(F)cc5)C(=S)N4c4ccccc4)c(O)c3)cc2)[C@H](O)[C@@H](O)[C@@H]1O. The van der Waals surface area contributed by atoms with Gasteiger partial charge in [0, 0.05) is 45.9 Å². The number of nitrogens with zero attached hydrogens (tertiary/aromatic N) is 3. The summed E-state index contributed by atoms with van der Waals surface area (Å²) in [6.45, 7) is 1.01. The maximum Gasteiger partial charge on any atom is 0.123 e. The number of aryl methyl sites for hydroxylation is 1. The van der Waals surface area contributed by atoms with Crippen molar-refractivity contribution in [3.05, 3.63) is 334 Å². The summed E-state index contributed by atoms with van der Waals surface area (Å²) in [5.74, 6) is -0.795. The Labute approximate surface area is 720 Å². The van der Waals surface area contributed by atoms with Gasteiger partial charge in [0.1, 0.15) is 95.7 Å². The Morgan fingerprint density at radius 1 is 0.344 bits per heavy atom. The number of para-hydroxylation sites is 2. The number of thiocarbonyl (C=S) groups is 3. The van der Waals surface area contributed by atoms with Crippen LogP contribution in [-0.2, 0) is 9.47 Å². The van der Waals surface area contributed by atoms with Crippen molar-refractivity contribution in [2.24, 2.45) is 17.8 Å². The molecule has 19 nitrogen and oxygen atoms in total. The Morgan fingerprint density at radius 2 is 0.656 bits per heavy atom. The third-order valence-electron chi connectivity index (χ3n) is 23.9. The molecule has 16 rings (SSSR count). The maximum absolute atomic E-state index is 13.4. The van der Waals surface area contributed by atoms with Crippen molar-refractivity contribution in [3.63, 3.8) is 0 Å². The lowest BCUT2D eigenvalue weighted by Gasteiger charge is -2.50. The molecule has 5 fully saturated rings. The van der Waals surface area contributed by atoms with Gasteiger partial charge in [0.05, 0.1) is 64.6 Å². The van der Waals surface area contributed by atoms with Gasteiger partial charge in [-0.3, -0.25) is 0 Å². The zero-order valence-electron chi connectivity index (χ0n) is 66.3. The van der Waals surface area contributed by atoms with Crippen LogP contribution in [0.1, 0.15) is 137 Å². The highest BCUT2D eigenvalue weighted by Crippen LogP contribution is 2.53. The molecule has 0 spiro atoms. The number of aliphatic hydroxyl groups is 11. The quantitative estimate of drug-likeness (QED) is 0.0250. The number of rotatable bonds is 24. The summed E-state index contributed by atoms with van der Waals surface area (Å²) in [4.78, 5) is 8.30. The lowest BCUT2D eigenvalue weighted by Crippen LogP contribution is -2.55. The molecular weight excluding hydrogens is 1620 g/mol. The molecule has 5 unspecified atom stereocenters. The van der Waals surface area contributed by atoms with Crippen LogP contribution in [0, 0.1) is 42.1 Å². The third-order valence-corrected chi connectivity index (χ3v) is 25.4. The Kier molecular flexibility index (Phi) is 28.2. The second-order valence-corrected chi connectivity index (χ2v) is 32.9. The van der Waals surface area contributed by atoms with Crippen molar-refractivity contribution in [1.29, 1.82) is 0 Å². The van der Waals surface area contributed by atoms with Crippen molar-refractivity contribution < 1.29 is 94.1 Å². The number of phenolic OH excluding ortho intramolecular Hbond substituents is 3. The molecule has 5 aliphatic heterocycles. The highest BCUT2D eigenvalue weighted by molar-refractivity contribution is 7.81.